The first kappa shape index (κ1) is 15.4. The largest absolute Gasteiger partial charge is 0.497 e. The van der Waals surface area contributed by atoms with Crippen molar-refractivity contribution >= 4 is 22.6 Å². The highest BCUT2D eigenvalue weighted by molar-refractivity contribution is 6.08. The first-order chi connectivity index (χ1) is 12.1. The molecule has 2 heterocycles. The minimum absolute atomic E-state index is 0.0322. The van der Waals surface area contributed by atoms with Gasteiger partial charge in [-0.3, -0.25) is 9.59 Å². The zero-order chi connectivity index (χ0) is 17.4. The number of nitrogens with zero attached hydrogens (tertiary/aromatic N) is 1. The standard InChI is InChI=1S/C20H18N2O3/c1-25-16-6-2-13(3-7-16)12-22-9-8-14-4-5-15(10-17(14)22)20-18(23)11-19(24)21-20/h2-10,20H,11-12H2,1H3,(H,21,24). The predicted octanol–water partition coefficient (Wildman–Crippen LogP) is 2.83. The van der Waals surface area contributed by atoms with Crippen molar-refractivity contribution in [2.24, 2.45) is 0 Å². The zero-order valence-electron chi connectivity index (χ0n) is 13.9. The van der Waals surface area contributed by atoms with Crippen molar-refractivity contribution in [2.75, 3.05) is 7.11 Å². The van der Waals surface area contributed by atoms with Crippen LogP contribution < -0.4 is 10.1 Å². The molecule has 5 nitrogen and oxygen atoms in total. The number of nitrogens with one attached hydrogen (secondary N) is 1. The van der Waals surface area contributed by atoms with Crippen molar-refractivity contribution in [1.82, 2.24) is 9.88 Å². The molecule has 0 spiro atoms. The van der Waals surface area contributed by atoms with Crippen molar-refractivity contribution in [3.05, 3.63) is 65.9 Å². The lowest BCUT2D eigenvalue weighted by molar-refractivity contribution is -0.122. The summed E-state index contributed by atoms with van der Waals surface area (Å²) < 4.78 is 7.33. The first-order valence-corrected chi connectivity index (χ1v) is 8.18. The molecule has 3 aromatic rings. The Hall–Kier alpha value is -3.08. The second-order valence-corrected chi connectivity index (χ2v) is 6.25. The average molecular weight is 334 g/mol. The SMILES string of the molecule is COc1ccc(Cn2ccc3ccc(C4NC(=O)CC4=O)cc32)cc1. The van der Waals surface area contributed by atoms with Crippen LogP contribution >= 0.6 is 0 Å². The molecule has 0 saturated carbocycles. The van der Waals surface area contributed by atoms with Crippen LogP contribution in [0.4, 0.5) is 0 Å². The summed E-state index contributed by atoms with van der Waals surface area (Å²) in [7, 11) is 1.65. The van der Waals surface area contributed by atoms with Crippen molar-refractivity contribution in [3.63, 3.8) is 0 Å². The fraction of sp³-hybridized carbons (Fsp3) is 0.200. The average Bonchev–Trinajstić information content (AvgIpc) is 3.18. The number of ether oxygens (including phenoxy) is 1. The summed E-state index contributed by atoms with van der Waals surface area (Å²) in [6, 6.07) is 15.4. The number of carbonyl (C=O) groups excluding carboxylic acids is 2. The Balaban J connectivity index is 1.66. The van der Waals surface area contributed by atoms with Gasteiger partial charge in [0.15, 0.2) is 5.78 Å². The quantitative estimate of drug-likeness (QED) is 0.747. The molecule has 1 aliphatic rings. The van der Waals surface area contributed by atoms with E-state index in [1.807, 2.05) is 48.7 Å². The van der Waals surface area contributed by atoms with Crippen molar-refractivity contribution in [1.29, 1.82) is 0 Å². The summed E-state index contributed by atoms with van der Waals surface area (Å²) in [4.78, 5) is 23.5. The van der Waals surface area contributed by atoms with Crippen LogP contribution in [0.25, 0.3) is 10.9 Å². The summed E-state index contributed by atoms with van der Waals surface area (Å²) >= 11 is 0. The number of benzene rings is 2. The molecular formula is C20H18N2O3. The van der Waals surface area contributed by atoms with Gasteiger partial charge in [-0.1, -0.05) is 24.3 Å². The second-order valence-electron chi connectivity index (χ2n) is 6.25. The fourth-order valence-electron chi connectivity index (χ4n) is 3.27. The summed E-state index contributed by atoms with van der Waals surface area (Å²) in [5.74, 6) is 0.556. The Morgan fingerprint density at radius 3 is 2.60 bits per heavy atom. The molecule has 4 rings (SSSR count). The third-order valence-electron chi connectivity index (χ3n) is 4.61. The topological polar surface area (TPSA) is 60.3 Å². The Morgan fingerprint density at radius 1 is 1.12 bits per heavy atom. The molecule has 0 bridgehead atoms. The van der Waals surface area contributed by atoms with Gasteiger partial charge in [0.05, 0.1) is 13.5 Å². The summed E-state index contributed by atoms with van der Waals surface area (Å²) in [6.07, 6.45) is 2.00. The van der Waals surface area contributed by atoms with E-state index >= 15 is 0 Å². The molecule has 1 atom stereocenters. The van der Waals surface area contributed by atoms with E-state index in [0.29, 0.717) is 0 Å². The number of aromatic nitrogens is 1. The number of methoxy groups -OCH3 is 1. The number of fused-ring (bicyclic) bond motifs is 1. The van der Waals surface area contributed by atoms with E-state index in [0.717, 1.165) is 34.3 Å². The Morgan fingerprint density at radius 2 is 1.92 bits per heavy atom. The van der Waals surface area contributed by atoms with Gasteiger partial charge in [-0.25, -0.2) is 0 Å². The summed E-state index contributed by atoms with van der Waals surface area (Å²) in [5.41, 5.74) is 3.04. The molecule has 126 valence electrons. The summed E-state index contributed by atoms with van der Waals surface area (Å²) in [6.45, 7) is 0.724. The van der Waals surface area contributed by atoms with Crippen LogP contribution in [0.1, 0.15) is 23.6 Å². The number of Topliss-reactive ketones (excluding diaryl/α,β-unsaturated/α-hetero) is 1. The number of ketones is 1. The fourth-order valence-corrected chi connectivity index (χ4v) is 3.27. The van der Waals surface area contributed by atoms with Gasteiger partial charge < -0.3 is 14.6 Å². The van der Waals surface area contributed by atoms with E-state index in [9.17, 15) is 9.59 Å². The molecule has 5 heteroatoms. The lowest BCUT2D eigenvalue weighted by Crippen LogP contribution is -2.20. The Kier molecular flexibility index (Phi) is 3.76. The van der Waals surface area contributed by atoms with E-state index in [2.05, 4.69) is 16.0 Å². The lowest BCUT2D eigenvalue weighted by Gasteiger charge is -2.11. The molecule has 25 heavy (non-hydrogen) atoms. The molecule has 1 aliphatic heterocycles. The second kappa shape index (κ2) is 6.09. The Bertz CT molecular complexity index is 957. The van der Waals surface area contributed by atoms with Gasteiger partial charge in [0.2, 0.25) is 5.91 Å². The van der Waals surface area contributed by atoms with Crippen LogP contribution in [0, 0.1) is 0 Å². The summed E-state index contributed by atoms with van der Waals surface area (Å²) in [5, 5.41) is 3.85. The van der Waals surface area contributed by atoms with Gasteiger partial charge in [-0.15, -0.1) is 0 Å². The number of amides is 1. The van der Waals surface area contributed by atoms with E-state index in [-0.39, 0.29) is 18.1 Å². The number of hydrogen-bond donors (Lipinski definition) is 1. The minimum atomic E-state index is -0.527. The van der Waals surface area contributed by atoms with E-state index in [4.69, 9.17) is 4.74 Å². The number of rotatable bonds is 4. The van der Waals surface area contributed by atoms with Gasteiger partial charge in [-0.2, -0.15) is 0 Å². The molecule has 1 N–H and O–H groups in total. The molecule has 0 aliphatic carbocycles. The highest BCUT2D eigenvalue weighted by atomic mass is 16.5. The molecule has 1 amide bonds. The molecule has 0 radical (unpaired) electrons. The van der Waals surface area contributed by atoms with Gasteiger partial charge in [-0.05, 0) is 40.8 Å². The van der Waals surface area contributed by atoms with Crippen LogP contribution in [0.5, 0.6) is 5.75 Å². The van der Waals surface area contributed by atoms with Crippen LogP contribution in [0.3, 0.4) is 0 Å². The van der Waals surface area contributed by atoms with Gasteiger partial charge >= 0.3 is 0 Å². The minimum Gasteiger partial charge on any atom is -0.497 e. The lowest BCUT2D eigenvalue weighted by atomic mass is 10.0. The maximum Gasteiger partial charge on any atom is 0.228 e. The highest BCUT2D eigenvalue weighted by Gasteiger charge is 2.31. The monoisotopic (exact) mass is 334 g/mol. The van der Waals surface area contributed by atoms with Crippen molar-refractivity contribution in [2.45, 2.75) is 19.0 Å². The third-order valence-corrected chi connectivity index (χ3v) is 4.61. The van der Waals surface area contributed by atoms with Crippen LogP contribution in [0.2, 0.25) is 0 Å². The Labute approximate surface area is 145 Å². The molecule has 1 saturated heterocycles. The molecular weight excluding hydrogens is 316 g/mol. The highest BCUT2D eigenvalue weighted by Crippen LogP contribution is 2.26. The maximum absolute atomic E-state index is 12.0. The zero-order valence-corrected chi connectivity index (χ0v) is 13.9. The molecule has 1 unspecified atom stereocenters. The van der Waals surface area contributed by atoms with Crippen LogP contribution in [-0.2, 0) is 16.1 Å². The number of hydrogen-bond acceptors (Lipinski definition) is 3. The first-order valence-electron chi connectivity index (χ1n) is 8.18. The van der Waals surface area contributed by atoms with E-state index in [1.165, 1.54) is 0 Å². The van der Waals surface area contributed by atoms with Gasteiger partial charge in [0, 0.05) is 18.3 Å². The van der Waals surface area contributed by atoms with Gasteiger partial charge in [0.1, 0.15) is 11.8 Å². The number of carbonyl (C=O) groups is 2. The predicted molar refractivity (Wildman–Crippen MR) is 94.5 cm³/mol. The van der Waals surface area contributed by atoms with Crippen LogP contribution in [0.15, 0.2) is 54.7 Å². The normalized spacial score (nSPS) is 17.1. The molecule has 1 aromatic heterocycles. The maximum atomic E-state index is 12.0. The molecule has 2 aromatic carbocycles. The van der Waals surface area contributed by atoms with Crippen molar-refractivity contribution in [3.8, 4) is 5.75 Å². The smallest absolute Gasteiger partial charge is 0.228 e. The third kappa shape index (κ3) is 2.89. The van der Waals surface area contributed by atoms with E-state index in [1.54, 1.807) is 7.11 Å². The van der Waals surface area contributed by atoms with Gasteiger partial charge in [0.25, 0.3) is 0 Å². The molecule has 1 fully saturated rings. The van der Waals surface area contributed by atoms with Crippen molar-refractivity contribution < 1.29 is 14.3 Å². The van der Waals surface area contributed by atoms with Crippen LogP contribution in [-0.4, -0.2) is 23.4 Å². The van der Waals surface area contributed by atoms with E-state index < -0.39 is 6.04 Å².